The van der Waals surface area contributed by atoms with Crippen LogP contribution in [0.15, 0.2) is 27.8 Å². The summed E-state index contributed by atoms with van der Waals surface area (Å²) in [7, 11) is -1.90. The Morgan fingerprint density at radius 1 is 1.42 bits per heavy atom. The predicted octanol–water partition coefficient (Wildman–Crippen LogP) is 1.97. The van der Waals surface area contributed by atoms with Crippen LogP contribution in [-0.4, -0.2) is 41.0 Å². The molecule has 130 valence electrons. The Bertz CT molecular complexity index is 827. The molecule has 0 spiro atoms. The Labute approximate surface area is 145 Å². The van der Waals surface area contributed by atoms with Crippen molar-refractivity contribution in [3.63, 3.8) is 0 Å². The van der Waals surface area contributed by atoms with Gasteiger partial charge in [0.1, 0.15) is 16.1 Å². The van der Waals surface area contributed by atoms with Crippen LogP contribution in [0, 0.1) is 6.92 Å². The SMILES string of the molecule is Cc1cc(NC(=O)C2CCCCN2S(=O)(=O)c2cccs2)n(C)n1. The Balaban J connectivity index is 1.84. The normalized spacial score (nSPS) is 19.3. The number of nitrogens with zero attached hydrogens (tertiary/aromatic N) is 3. The zero-order valence-corrected chi connectivity index (χ0v) is 15.2. The fourth-order valence-electron chi connectivity index (χ4n) is 2.92. The van der Waals surface area contributed by atoms with Crippen LogP contribution in [0.1, 0.15) is 25.0 Å². The molecule has 9 heteroatoms. The second-order valence-electron chi connectivity index (χ2n) is 5.84. The van der Waals surface area contributed by atoms with E-state index in [4.69, 9.17) is 0 Å². The fourth-order valence-corrected chi connectivity index (χ4v) is 5.69. The molecule has 3 rings (SSSR count). The maximum atomic E-state index is 12.8. The Hall–Kier alpha value is -1.71. The summed E-state index contributed by atoms with van der Waals surface area (Å²) in [6.45, 7) is 2.20. The maximum absolute atomic E-state index is 12.8. The molecule has 1 saturated heterocycles. The number of anilines is 1. The first kappa shape index (κ1) is 17.1. The number of hydrogen-bond acceptors (Lipinski definition) is 5. The largest absolute Gasteiger partial charge is 0.310 e. The number of hydrogen-bond donors (Lipinski definition) is 1. The van der Waals surface area contributed by atoms with Crippen LogP contribution in [0.5, 0.6) is 0 Å². The average molecular weight is 368 g/mol. The average Bonchev–Trinajstić information content (AvgIpc) is 3.18. The van der Waals surface area contributed by atoms with Gasteiger partial charge < -0.3 is 5.32 Å². The summed E-state index contributed by atoms with van der Waals surface area (Å²) < 4.78 is 28.8. The first-order chi connectivity index (χ1) is 11.4. The molecule has 2 aromatic rings. The lowest BCUT2D eigenvalue weighted by atomic mass is 10.0. The number of thiophene rings is 1. The number of carbonyl (C=O) groups excluding carboxylic acids is 1. The van der Waals surface area contributed by atoms with Crippen LogP contribution in [-0.2, 0) is 21.9 Å². The van der Waals surface area contributed by atoms with Gasteiger partial charge in [0, 0.05) is 19.7 Å². The van der Waals surface area contributed by atoms with Crippen LogP contribution < -0.4 is 5.32 Å². The highest BCUT2D eigenvalue weighted by Gasteiger charge is 2.38. The van der Waals surface area contributed by atoms with E-state index in [1.165, 1.54) is 15.6 Å². The van der Waals surface area contributed by atoms with Gasteiger partial charge in [-0.3, -0.25) is 9.48 Å². The van der Waals surface area contributed by atoms with Gasteiger partial charge in [-0.15, -0.1) is 11.3 Å². The monoisotopic (exact) mass is 368 g/mol. The van der Waals surface area contributed by atoms with Crippen LogP contribution in [0.25, 0.3) is 0 Å². The molecule has 7 nitrogen and oxygen atoms in total. The number of rotatable bonds is 4. The fraction of sp³-hybridized carbons (Fsp3) is 0.467. The molecule has 0 saturated carbocycles. The van der Waals surface area contributed by atoms with Crippen LogP contribution in [0.3, 0.4) is 0 Å². The molecule has 0 aliphatic carbocycles. The first-order valence-corrected chi connectivity index (χ1v) is 10.1. The lowest BCUT2D eigenvalue weighted by molar-refractivity contribution is -0.120. The van der Waals surface area contributed by atoms with E-state index in [1.807, 2.05) is 6.92 Å². The molecular formula is C15H20N4O3S2. The zero-order chi connectivity index (χ0) is 17.3. The number of aromatic nitrogens is 2. The topological polar surface area (TPSA) is 84.3 Å². The van der Waals surface area contributed by atoms with Crippen molar-refractivity contribution in [3.8, 4) is 0 Å². The highest BCUT2D eigenvalue weighted by Crippen LogP contribution is 2.28. The molecule has 1 atom stereocenters. The Morgan fingerprint density at radius 2 is 2.21 bits per heavy atom. The van der Waals surface area contributed by atoms with Crippen LogP contribution in [0.2, 0.25) is 0 Å². The molecular weight excluding hydrogens is 348 g/mol. The number of aryl methyl sites for hydroxylation is 2. The highest BCUT2D eigenvalue weighted by atomic mass is 32.2. The van der Waals surface area contributed by atoms with Gasteiger partial charge in [-0.05, 0) is 31.2 Å². The number of carbonyl (C=O) groups is 1. The van der Waals surface area contributed by atoms with Crippen molar-refractivity contribution in [2.45, 2.75) is 36.4 Å². The van der Waals surface area contributed by atoms with Gasteiger partial charge >= 0.3 is 0 Å². The molecule has 1 unspecified atom stereocenters. The minimum absolute atomic E-state index is 0.276. The summed E-state index contributed by atoms with van der Waals surface area (Å²) in [6, 6.07) is 4.35. The lowest BCUT2D eigenvalue weighted by Crippen LogP contribution is -2.49. The van der Waals surface area contributed by atoms with Crippen molar-refractivity contribution in [2.24, 2.45) is 7.05 Å². The number of sulfonamides is 1. The molecule has 0 aromatic carbocycles. The minimum Gasteiger partial charge on any atom is -0.310 e. The van der Waals surface area contributed by atoms with Gasteiger partial charge in [0.25, 0.3) is 10.0 Å². The van der Waals surface area contributed by atoms with Crippen molar-refractivity contribution >= 4 is 33.1 Å². The van der Waals surface area contributed by atoms with Gasteiger partial charge in [-0.25, -0.2) is 8.42 Å². The van der Waals surface area contributed by atoms with Gasteiger partial charge in [-0.2, -0.15) is 9.40 Å². The molecule has 1 aliphatic rings. The third-order valence-corrected chi connectivity index (χ3v) is 7.35. The summed E-state index contributed by atoms with van der Waals surface area (Å²) in [5, 5.41) is 8.72. The molecule has 0 bridgehead atoms. The van der Waals surface area contributed by atoms with E-state index in [0.29, 0.717) is 18.8 Å². The smallest absolute Gasteiger partial charge is 0.253 e. The maximum Gasteiger partial charge on any atom is 0.253 e. The van der Waals surface area contributed by atoms with Gasteiger partial charge in [-0.1, -0.05) is 12.5 Å². The zero-order valence-electron chi connectivity index (χ0n) is 13.6. The predicted molar refractivity (Wildman–Crippen MR) is 92.4 cm³/mol. The van der Waals surface area contributed by atoms with Crippen molar-refractivity contribution in [2.75, 3.05) is 11.9 Å². The van der Waals surface area contributed by atoms with Crippen molar-refractivity contribution < 1.29 is 13.2 Å². The number of piperidine rings is 1. The van der Waals surface area contributed by atoms with E-state index in [9.17, 15) is 13.2 Å². The van der Waals surface area contributed by atoms with E-state index < -0.39 is 16.1 Å². The van der Waals surface area contributed by atoms with E-state index in [-0.39, 0.29) is 10.1 Å². The van der Waals surface area contributed by atoms with Crippen LogP contribution in [0.4, 0.5) is 5.82 Å². The molecule has 0 radical (unpaired) electrons. The van der Waals surface area contributed by atoms with E-state index in [1.54, 1.807) is 35.3 Å². The minimum atomic E-state index is -3.64. The summed E-state index contributed by atoms with van der Waals surface area (Å²) in [5.41, 5.74) is 0.791. The van der Waals surface area contributed by atoms with E-state index in [2.05, 4.69) is 10.4 Å². The quantitative estimate of drug-likeness (QED) is 0.894. The van der Waals surface area contributed by atoms with Crippen molar-refractivity contribution in [3.05, 3.63) is 29.3 Å². The highest BCUT2D eigenvalue weighted by molar-refractivity contribution is 7.91. The molecule has 1 amide bonds. The molecule has 3 heterocycles. The van der Waals surface area contributed by atoms with Crippen molar-refractivity contribution in [1.82, 2.24) is 14.1 Å². The van der Waals surface area contributed by atoms with Gasteiger partial charge in [0.05, 0.1) is 5.69 Å². The standard InChI is InChI=1S/C15H20N4O3S2/c1-11-10-13(18(2)17-11)16-15(20)12-6-3-4-8-19(12)24(21,22)14-7-5-9-23-14/h5,7,9-10,12H,3-4,6,8H2,1-2H3,(H,16,20). The van der Waals surface area contributed by atoms with E-state index >= 15 is 0 Å². The summed E-state index contributed by atoms with van der Waals surface area (Å²) in [4.78, 5) is 12.7. The second kappa shape index (κ2) is 6.66. The van der Waals surface area contributed by atoms with E-state index in [0.717, 1.165) is 18.5 Å². The number of nitrogens with one attached hydrogen (secondary N) is 1. The third-order valence-electron chi connectivity index (χ3n) is 4.07. The molecule has 1 aliphatic heterocycles. The van der Waals surface area contributed by atoms with Crippen LogP contribution >= 0.6 is 11.3 Å². The van der Waals surface area contributed by atoms with Gasteiger partial charge in [0.2, 0.25) is 5.91 Å². The summed E-state index contributed by atoms with van der Waals surface area (Å²) in [6.07, 6.45) is 2.12. The summed E-state index contributed by atoms with van der Waals surface area (Å²) in [5.74, 6) is 0.259. The lowest BCUT2D eigenvalue weighted by Gasteiger charge is -2.33. The number of amides is 1. The Kier molecular flexibility index (Phi) is 4.75. The first-order valence-electron chi connectivity index (χ1n) is 7.76. The van der Waals surface area contributed by atoms with Gasteiger partial charge in [0.15, 0.2) is 0 Å². The molecule has 24 heavy (non-hydrogen) atoms. The summed E-state index contributed by atoms with van der Waals surface area (Å²) >= 11 is 1.17. The third kappa shape index (κ3) is 3.24. The molecule has 1 N–H and O–H groups in total. The second-order valence-corrected chi connectivity index (χ2v) is 8.91. The molecule has 1 fully saturated rings. The molecule has 2 aromatic heterocycles. The van der Waals surface area contributed by atoms with Crippen molar-refractivity contribution in [1.29, 1.82) is 0 Å². The Morgan fingerprint density at radius 3 is 2.83 bits per heavy atom.